The normalized spacial score (nSPS) is 14.8. The molecule has 0 bridgehead atoms. The van der Waals surface area contributed by atoms with Crippen molar-refractivity contribution in [3.8, 4) is 17.2 Å². The first kappa shape index (κ1) is 33.6. The molecule has 0 aromatic heterocycles. The number of carbonyl (C=O) groups is 1. The van der Waals surface area contributed by atoms with Gasteiger partial charge in [0.05, 0.1) is 26.9 Å². The van der Waals surface area contributed by atoms with Gasteiger partial charge in [0.2, 0.25) is 6.41 Å². The quantitative estimate of drug-likeness (QED) is 0.212. The highest BCUT2D eigenvalue weighted by molar-refractivity contribution is 5.53. The number of fused-ring (bicyclic) bond motifs is 1. The summed E-state index contributed by atoms with van der Waals surface area (Å²) in [6, 6.07) is 17.2. The minimum Gasteiger partial charge on any atom is -0.497 e. The zero-order valence-corrected chi connectivity index (χ0v) is 25.7. The fourth-order valence-electron chi connectivity index (χ4n) is 5.25. The average Bonchev–Trinajstić information content (AvgIpc) is 2.96. The van der Waals surface area contributed by atoms with Crippen molar-refractivity contribution in [1.29, 1.82) is 0 Å². The van der Waals surface area contributed by atoms with E-state index in [1.54, 1.807) is 14.2 Å². The highest BCUT2D eigenvalue weighted by Crippen LogP contribution is 2.41. The first-order chi connectivity index (χ1) is 20.4. The molecule has 0 saturated carbocycles. The molecule has 3 N–H and O–H groups in total. The number of benzene rings is 3. The molecule has 1 unspecified atom stereocenters. The lowest BCUT2D eigenvalue weighted by molar-refractivity contribution is -0.132. The number of nitrogens with zero attached hydrogens (tertiary/aromatic N) is 1. The van der Waals surface area contributed by atoms with Gasteiger partial charge in [-0.2, -0.15) is 13.2 Å². The molecule has 0 radical (unpaired) electrons. The number of nitrogens with two attached hydrogens (primary N) is 1. The van der Waals surface area contributed by atoms with Crippen molar-refractivity contribution >= 4 is 12.1 Å². The molecule has 234 valence electrons. The number of nitrogens with one attached hydrogen (secondary N) is 1. The Balaban J connectivity index is 0.000000557. The van der Waals surface area contributed by atoms with E-state index in [1.165, 1.54) is 38.7 Å². The van der Waals surface area contributed by atoms with Crippen molar-refractivity contribution < 1.29 is 32.2 Å². The number of hydrogen-bond acceptors (Lipinski definition) is 6. The van der Waals surface area contributed by atoms with E-state index in [0.717, 1.165) is 42.3 Å². The van der Waals surface area contributed by atoms with E-state index in [1.807, 2.05) is 6.07 Å². The molecule has 1 amide bonds. The molecule has 7 nitrogen and oxygen atoms in total. The molecule has 1 aliphatic rings. The highest BCUT2D eigenvalue weighted by atomic mass is 19.4. The largest absolute Gasteiger partial charge is 0.497 e. The third-order valence-corrected chi connectivity index (χ3v) is 7.47. The second-order valence-corrected chi connectivity index (χ2v) is 10.9. The Labute approximate surface area is 252 Å². The second-order valence-electron chi connectivity index (χ2n) is 10.9. The fourth-order valence-corrected chi connectivity index (χ4v) is 5.25. The number of nitrogen functional groups attached to an aromatic ring is 1. The van der Waals surface area contributed by atoms with Gasteiger partial charge in [0, 0.05) is 18.7 Å². The summed E-state index contributed by atoms with van der Waals surface area (Å²) >= 11 is 0. The molecule has 1 atom stereocenters. The van der Waals surface area contributed by atoms with Gasteiger partial charge in [0.25, 0.3) is 0 Å². The fraction of sp³-hybridized carbons (Fsp3) is 0.424. The molecule has 1 aliphatic heterocycles. The monoisotopic (exact) mass is 601 g/mol. The van der Waals surface area contributed by atoms with Crippen molar-refractivity contribution in [3.63, 3.8) is 0 Å². The lowest BCUT2D eigenvalue weighted by Gasteiger charge is -2.36. The van der Waals surface area contributed by atoms with Crippen LogP contribution < -0.4 is 25.3 Å². The third kappa shape index (κ3) is 9.03. The Kier molecular flexibility index (Phi) is 11.7. The lowest BCUT2D eigenvalue weighted by Crippen LogP contribution is -2.33. The van der Waals surface area contributed by atoms with Crippen LogP contribution in [-0.4, -0.2) is 58.4 Å². The summed E-state index contributed by atoms with van der Waals surface area (Å²) in [6.07, 6.45) is -2.52. The van der Waals surface area contributed by atoms with Gasteiger partial charge in [-0.3, -0.25) is 9.69 Å². The Morgan fingerprint density at radius 3 is 2.35 bits per heavy atom. The maximum atomic E-state index is 11.0. The molecule has 1 heterocycles. The SMILES string of the molecule is COc1ccc(C2c3cc(OCCc4ccc(C(C)C)c(N)c4)c(OC)cc3CCN2C)c(C)c1.O=CNCC(F)(F)F. The number of carbonyl (C=O) groups excluding carboxylic acids is 1. The summed E-state index contributed by atoms with van der Waals surface area (Å²) < 4.78 is 50.5. The summed E-state index contributed by atoms with van der Waals surface area (Å²) in [5.41, 5.74) is 14.6. The van der Waals surface area contributed by atoms with Crippen LogP contribution in [0.3, 0.4) is 0 Å². The Bertz CT molecular complexity index is 1380. The molecular formula is C33H42F3N3O4. The Morgan fingerprint density at radius 1 is 1.05 bits per heavy atom. The number of ether oxygens (including phenoxy) is 3. The number of likely N-dealkylation sites (N-methyl/N-ethyl adjacent to an activating group) is 1. The highest BCUT2D eigenvalue weighted by Gasteiger charge is 2.29. The van der Waals surface area contributed by atoms with Crippen molar-refractivity contribution in [3.05, 3.63) is 81.9 Å². The van der Waals surface area contributed by atoms with Gasteiger partial charge >= 0.3 is 6.18 Å². The summed E-state index contributed by atoms with van der Waals surface area (Å²) in [5.74, 6) is 2.86. The molecule has 0 saturated heterocycles. The number of anilines is 1. The molecule has 0 aliphatic carbocycles. The van der Waals surface area contributed by atoms with Gasteiger partial charge in [0.15, 0.2) is 11.5 Å². The first-order valence-electron chi connectivity index (χ1n) is 14.2. The van der Waals surface area contributed by atoms with Crippen LogP contribution in [-0.2, 0) is 17.6 Å². The molecule has 0 fully saturated rings. The number of methoxy groups -OCH3 is 2. The number of amides is 1. The van der Waals surface area contributed by atoms with Crippen LogP contribution >= 0.6 is 0 Å². The molecule has 10 heteroatoms. The van der Waals surface area contributed by atoms with Crippen LogP contribution in [0, 0.1) is 6.92 Å². The minimum absolute atomic E-state index is 0.00743. The number of alkyl halides is 3. The van der Waals surface area contributed by atoms with Crippen molar-refractivity contribution in [1.82, 2.24) is 10.2 Å². The molecule has 3 aromatic carbocycles. The first-order valence-corrected chi connectivity index (χ1v) is 14.2. The predicted molar refractivity (Wildman–Crippen MR) is 163 cm³/mol. The second kappa shape index (κ2) is 15.0. The van der Waals surface area contributed by atoms with Crippen LogP contribution in [0.1, 0.15) is 59.2 Å². The van der Waals surface area contributed by atoms with Crippen LogP contribution in [0.25, 0.3) is 0 Å². The standard InChI is InChI=1S/C30H38N2O3.C3H4F3NO/c1-19(2)24-9-7-21(16-27(24)31)12-14-35-29-18-26-22(17-28(29)34-6)11-13-32(4)30(26)25-10-8-23(33-5)15-20(25)3;4-3(5,6)1-7-2-8/h7-10,15-19,30H,11-14,31H2,1-6H3;2H,1H2,(H,7,8). The molecule has 43 heavy (non-hydrogen) atoms. The van der Waals surface area contributed by atoms with E-state index in [0.29, 0.717) is 12.5 Å². The maximum absolute atomic E-state index is 11.0. The van der Waals surface area contributed by atoms with Crippen molar-refractivity contribution in [2.45, 2.75) is 51.7 Å². The van der Waals surface area contributed by atoms with Crippen molar-refractivity contribution in [2.24, 2.45) is 0 Å². The van der Waals surface area contributed by atoms with Gasteiger partial charge in [-0.1, -0.05) is 32.0 Å². The number of halogens is 3. The number of rotatable bonds is 10. The van der Waals surface area contributed by atoms with Gasteiger partial charge in [-0.25, -0.2) is 0 Å². The van der Waals surface area contributed by atoms with E-state index >= 15 is 0 Å². The summed E-state index contributed by atoms with van der Waals surface area (Å²) in [7, 11) is 5.60. The van der Waals surface area contributed by atoms with Gasteiger partial charge in [-0.15, -0.1) is 0 Å². The van der Waals surface area contributed by atoms with E-state index in [9.17, 15) is 18.0 Å². The van der Waals surface area contributed by atoms with Gasteiger partial charge in [-0.05, 0) is 90.0 Å². The number of hydrogen-bond donors (Lipinski definition) is 2. The maximum Gasteiger partial charge on any atom is 0.405 e. The molecule has 0 spiro atoms. The molecule has 3 aromatic rings. The molecular weight excluding hydrogens is 559 g/mol. The summed E-state index contributed by atoms with van der Waals surface area (Å²) in [5, 5.41) is 1.48. The zero-order chi connectivity index (χ0) is 31.7. The van der Waals surface area contributed by atoms with E-state index in [-0.39, 0.29) is 12.5 Å². The van der Waals surface area contributed by atoms with E-state index in [4.69, 9.17) is 19.9 Å². The minimum atomic E-state index is -4.29. The Hall–Kier alpha value is -3.92. The zero-order valence-electron chi connectivity index (χ0n) is 25.7. The molecule has 4 rings (SSSR count). The van der Waals surface area contributed by atoms with Gasteiger partial charge in [0.1, 0.15) is 12.3 Å². The lowest BCUT2D eigenvalue weighted by atomic mass is 9.86. The van der Waals surface area contributed by atoms with Crippen LogP contribution in [0.15, 0.2) is 48.5 Å². The van der Waals surface area contributed by atoms with Crippen molar-refractivity contribution in [2.75, 3.05) is 46.7 Å². The summed E-state index contributed by atoms with van der Waals surface area (Å²) in [6.45, 7) is 6.76. The van der Waals surface area contributed by atoms with E-state index in [2.05, 4.69) is 75.2 Å². The predicted octanol–water partition coefficient (Wildman–Crippen LogP) is 6.21. The Morgan fingerprint density at radius 2 is 1.79 bits per heavy atom. The average molecular weight is 602 g/mol. The topological polar surface area (TPSA) is 86.1 Å². The van der Waals surface area contributed by atoms with Crippen LogP contribution in [0.5, 0.6) is 17.2 Å². The van der Waals surface area contributed by atoms with Crippen LogP contribution in [0.4, 0.5) is 18.9 Å². The van der Waals surface area contributed by atoms with Gasteiger partial charge < -0.3 is 25.3 Å². The van der Waals surface area contributed by atoms with E-state index < -0.39 is 12.7 Å². The number of aryl methyl sites for hydroxylation is 1. The smallest absolute Gasteiger partial charge is 0.405 e. The van der Waals surface area contributed by atoms with Crippen LogP contribution in [0.2, 0.25) is 0 Å². The third-order valence-electron chi connectivity index (χ3n) is 7.47. The summed E-state index contributed by atoms with van der Waals surface area (Å²) in [4.78, 5) is 11.6.